The molecule has 0 radical (unpaired) electrons. The number of ether oxygens (including phenoxy) is 1. The standard InChI is InChI=1S/C18H29N5O3/c1-13-12-23(6-5-21(13)4)17-19-11-14(18(2,3)16(24)25)15(20-17)22-7-9-26-10-8-22/h11,13H,5-10,12H2,1-4H3,(H,24,25)/t13-/m1/s1. The van der Waals surface area contributed by atoms with E-state index in [1.165, 1.54) is 0 Å². The lowest BCUT2D eigenvalue weighted by Crippen LogP contribution is -2.50. The first kappa shape index (κ1) is 18.8. The Morgan fingerprint density at radius 2 is 1.92 bits per heavy atom. The summed E-state index contributed by atoms with van der Waals surface area (Å²) in [4.78, 5) is 27.8. The third-order valence-corrected chi connectivity index (χ3v) is 5.52. The zero-order valence-corrected chi connectivity index (χ0v) is 16.1. The Bertz CT molecular complexity index is 660. The third kappa shape index (κ3) is 3.61. The molecule has 26 heavy (non-hydrogen) atoms. The van der Waals surface area contributed by atoms with E-state index in [-0.39, 0.29) is 0 Å². The molecule has 0 aromatic carbocycles. The molecule has 8 heteroatoms. The molecular formula is C18H29N5O3. The summed E-state index contributed by atoms with van der Waals surface area (Å²) in [5, 5.41) is 9.68. The molecule has 1 aromatic rings. The van der Waals surface area contributed by atoms with E-state index in [4.69, 9.17) is 9.72 Å². The quantitative estimate of drug-likeness (QED) is 0.842. The van der Waals surface area contributed by atoms with Gasteiger partial charge in [0.15, 0.2) is 0 Å². The van der Waals surface area contributed by atoms with Gasteiger partial charge in [0.1, 0.15) is 5.82 Å². The molecule has 0 unspecified atom stereocenters. The Morgan fingerprint density at radius 1 is 1.23 bits per heavy atom. The van der Waals surface area contributed by atoms with Gasteiger partial charge >= 0.3 is 5.97 Å². The highest BCUT2D eigenvalue weighted by Crippen LogP contribution is 2.32. The molecule has 0 amide bonds. The van der Waals surface area contributed by atoms with Crippen molar-refractivity contribution in [1.82, 2.24) is 14.9 Å². The molecule has 2 saturated heterocycles. The van der Waals surface area contributed by atoms with E-state index >= 15 is 0 Å². The van der Waals surface area contributed by atoms with Crippen molar-refractivity contribution in [2.75, 3.05) is 62.8 Å². The molecule has 2 fully saturated rings. The van der Waals surface area contributed by atoms with E-state index < -0.39 is 11.4 Å². The number of aliphatic carboxylic acids is 1. The number of carbonyl (C=O) groups is 1. The van der Waals surface area contributed by atoms with Crippen LogP contribution in [0.3, 0.4) is 0 Å². The summed E-state index contributed by atoms with van der Waals surface area (Å²) in [6.45, 7) is 10.9. The molecule has 1 aromatic heterocycles. The number of likely N-dealkylation sites (N-methyl/N-ethyl adjacent to an activating group) is 1. The van der Waals surface area contributed by atoms with Crippen molar-refractivity contribution in [3.05, 3.63) is 11.8 Å². The van der Waals surface area contributed by atoms with Gasteiger partial charge in [-0.15, -0.1) is 0 Å². The number of carboxylic acid groups (broad SMARTS) is 1. The number of anilines is 2. The lowest BCUT2D eigenvalue weighted by atomic mass is 9.85. The van der Waals surface area contributed by atoms with Gasteiger partial charge < -0.3 is 24.5 Å². The Labute approximate surface area is 154 Å². The van der Waals surface area contributed by atoms with Gasteiger partial charge in [-0.25, -0.2) is 4.98 Å². The molecule has 3 heterocycles. The highest BCUT2D eigenvalue weighted by atomic mass is 16.5. The summed E-state index contributed by atoms with van der Waals surface area (Å²) < 4.78 is 5.45. The summed E-state index contributed by atoms with van der Waals surface area (Å²) in [5.41, 5.74) is -0.403. The van der Waals surface area contributed by atoms with Crippen LogP contribution in [-0.2, 0) is 14.9 Å². The number of carboxylic acids is 1. The van der Waals surface area contributed by atoms with Gasteiger partial charge in [0.2, 0.25) is 5.95 Å². The topological polar surface area (TPSA) is 82.0 Å². The zero-order valence-electron chi connectivity index (χ0n) is 16.1. The minimum Gasteiger partial charge on any atom is -0.481 e. The summed E-state index contributed by atoms with van der Waals surface area (Å²) in [6, 6.07) is 0.425. The summed E-state index contributed by atoms with van der Waals surface area (Å²) in [6.07, 6.45) is 1.70. The SMILES string of the molecule is C[C@@H]1CN(c2ncc(C(C)(C)C(=O)O)c(N3CCOCC3)n2)CCN1C. The number of hydrogen-bond donors (Lipinski definition) is 1. The van der Waals surface area contributed by atoms with E-state index in [1.54, 1.807) is 20.0 Å². The minimum atomic E-state index is -1.05. The van der Waals surface area contributed by atoms with Crippen LogP contribution in [0.15, 0.2) is 6.20 Å². The minimum absolute atomic E-state index is 0.425. The average molecular weight is 363 g/mol. The number of aromatic nitrogens is 2. The number of piperazine rings is 1. The van der Waals surface area contributed by atoms with E-state index in [0.29, 0.717) is 43.9 Å². The van der Waals surface area contributed by atoms with E-state index in [0.717, 1.165) is 25.5 Å². The lowest BCUT2D eigenvalue weighted by molar-refractivity contribution is -0.142. The predicted octanol–water partition coefficient (Wildman–Crippen LogP) is 0.816. The van der Waals surface area contributed by atoms with Crippen molar-refractivity contribution in [3.8, 4) is 0 Å². The first-order chi connectivity index (χ1) is 12.3. The molecule has 144 valence electrons. The van der Waals surface area contributed by atoms with Gasteiger partial charge in [0, 0.05) is 50.5 Å². The second kappa shape index (κ2) is 7.36. The monoisotopic (exact) mass is 363 g/mol. The maximum atomic E-state index is 11.8. The zero-order chi connectivity index (χ0) is 18.9. The van der Waals surface area contributed by atoms with Crippen molar-refractivity contribution in [2.45, 2.75) is 32.2 Å². The van der Waals surface area contributed by atoms with Crippen LogP contribution < -0.4 is 9.80 Å². The van der Waals surface area contributed by atoms with Crippen LogP contribution in [0.5, 0.6) is 0 Å². The van der Waals surface area contributed by atoms with E-state index in [1.807, 2.05) is 0 Å². The molecule has 2 aliphatic heterocycles. The second-order valence-corrected chi connectivity index (χ2v) is 7.71. The second-order valence-electron chi connectivity index (χ2n) is 7.71. The van der Waals surface area contributed by atoms with Crippen LogP contribution in [0, 0.1) is 0 Å². The highest BCUT2D eigenvalue weighted by Gasteiger charge is 2.35. The molecule has 8 nitrogen and oxygen atoms in total. The molecule has 1 N–H and O–H groups in total. The Balaban J connectivity index is 1.97. The number of morpholine rings is 1. The molecule has 0 aliphatic carbocycles. The Hall–Kier alpha value is -1.93. The number of rotatable bonds is 4. The van der Waals surface area contributed by atoms with E-state index in [9.17, 15) is 9.90 Å². The highest BCUT2D eigenvalue weighted by molar-refractivity contribution is 5.82. The average Bonchev–Trinajstić information content (AvgIpc) is 2.64. The summed E-state index contributed by atoms with van der Waals surface area (Å²) in [5.74, 6) is 0.519. The molecular weight excluding hydrogens is 334 g/mol. The maximum absolute atomic E-state index is 11.8. The van der Waals surface area contributed by atoms with Crippen molar-refractivity contribution in [1.29, 1.82) is 0 Å². The normalized spacial score (nSPS) is 22.5. The first-order valence-electron chi connectivity index (χ1n) is 9.19. The number of hydrogen-bond acceptors (Lipinski definition) is 7. The van der Waals surface area contributed by atoms with Crippen LogP contribution in [0.25, 0.3) is 0 Å². The molecule has 2 aliphatic rings. The van der Waals surface area contributed by atoms with Crippen molar-refractivity contribution in [3.63, 3.8) is 0 Å². The van der Waals surface area contributed by atoms with Gasteiger partial charge in [-0.05, 0) is 27.8 Å². The van der Waals surface area contributed by atoms with Gasteiger partial charge in [-0.1, -0.05) is 0 Å². The van der Waals surface area contributed by atoms with Crippen LogP contribution in [-0.4, -0.2) is 85.0 Å². The fourth-order valence-electron chi connectivity index (χ4n) is 3.32. The maximum Gasteiger partial charge on any atom is 0.313 e. The van der Waals surface area contributed by atoms with E-state index in [2.05, 4.69) is 33.7 Å². The predicted molar refractivity (Wildman–Crippen MR) is 100 cm³/mol. The van der Waals surface area contributed by atoms with Crippen LogP contribution in [0.1, 0.15) is 26.3 Å². The Kier molecular flexibility index (Phi) is 5.34. The lowest BCUT2D eigenvalue weighted by Gasteiger charge is -2.38. The van der Waals surface area contributed by atoms with Gasteiger partial charge in [0.05, 0.1) is 18.6 Å². The van der Waals surface area contributed by atoms with Gasteiger partial charge in [-0.3, -0.25) is 4.79 Å². The van der Waals surface area contributed by atoms with Crippen LogP contribution >= 0.6 is 0 Å². The van der Waals surface area contributed by atoms with Gasteiger partial charge in [-0.2, -0.15) is 4.98 Å². The molecule has 3 rings (SSSR count). The van der Waals surface area contributed by atoms with Crippen molar-refractivity contribution in [2.24, 2.45) is 0 Å². The molecule has 0 spiro atoms. The largest absolute Gasteiger partial charge is 0.481 e. The smallest absolute Gasteiger partial charge is 0.313 e. The fourth-order valence-corrected chi connectivity index (χ4v) is 3.32. The molecule has 0 bridgehead atoms. The summed E-state index contributed by atoms with van der Waals surface area (Å²) in [7, 11) is 2.13. The first-order valence-corrected chi connectivity index (χ1v) is 9.19. The van der Waals surface area contributed by atoms with Crippen LogP contribution in [0.2, 0.25) is 0 Å². The fraction of sp³-hybridized carbons (Fsp3) is 0.722. The van der Waals surface area contributed by atoms with Crippen LogP contribution in [0.4, 0.5) is 11.8 Å². The van der Waals surface area contributed by atoms with Crippen molar-refractivity contribution >= 4 is 17.7 Å². The van der Waals surface area contributed by atoms with Crippen molar-refractivity contribution < 1.29 is 14.6 Å². The number of nitrogens with zero attached hydrogens (tertiary/aromatic N) is 5. The summed E-state index contributed by atoms with van der Waals surface area (Å²) >= 11 is 0. The molecule has 0 saturated carbocycles. The van der Waals surface area contributed by atoms with Gasteiger partial charge in [0.25, 0.3) is 0 Å². The Morgan fingerprint density at radius 3 is 2.54 bits per heavy atom. The third-order valence-electron chi connectivity index (χ3n) is 5.52. The molecule has 1 atom stereocenters.